The van der Waals surface area contributed by atoms with Crippen molar-refractivity contribution in [1.29, 1.82) is 0 Å². The summed E-state index contributed by atoms with van der Waals surface area (Å²) in [5.41, 5.74) is 10.4. The lowest BCUT2D eigenvalue weighted by Crippen LogP contribution is -2.47. The van der Waals surface area contributed by atoms with Gasteiger partial charge in [0.15, 0.2) is 17.0 Å². The van der Waals surface area contributed by atoms with Gasteiger partial charge >= 0.3 is 0 Å². The van der Waals surface area contributed by atoms with E-state index in [2.05, 4.69) is 24.8 Å². The number of hydrogen-bond acceptors (Lipinski definition) is 8. The predicted molar refractivity (Wildman–Crippen MR) is 116 cm³/mol. The van der Waals surface area contributed by atoms with E-state index < -0.39 is 0 Å². The Labute approximate surface area is 173 Å². The van der Waals surface area contributed by atoms with Gasteiger partial charge in [-0.1, -0.05) is 0 Å². The number of aryl methyl sites for hydroxylation is 1. The van der Waals surface area contributed by atoms with Crippen LogP contribution in [0.4, 0.5) is 17.5 Å². The second-order valence-corrected chi connectivity index (χ2v) is 7.34. The third kappa shape index (κ3) is 3.24. The smallest absolute Gasteiger partial charge is 0.229 e. The Hall–Kier alpha value is -3.88. The van der Waals surface area contributed by atoms with Crippen molar-refractivity contribution in [3.05, 3.63) is 54.6 Å². The minimum Gasteiger partial charge on any atom is -0.508 e. The average Bonchev–Trinajstić information content (AvgIpc) is 3.20. The fourth-order valence-corrected chi connectivity index (χ4v) is 3.67. The van der Waals surface area contributed by atoms with Crippen molar-refractivity contribution >= 4 is 28.6 Å². The number of nitrogen functional groups attached to an aromatic ring is 1. The molecule has 4 heterocycles. The Bertz CT molecular complexity index is 1180. The first-order valence-electron chi connectivity index (χ1n) is 9.81. The first kappa shape index (κ1) is 18.2. The van der Waals surface area contributed by atoms with Crippen LogP contribution in [0.2, 0.25) is 0 Å². The molecule has 0 aliphatic carbocycles. The average molecular weight is 402 g/mol. The van der Waals surface area contributed by atoms with Gasteiger partial charge in [0.2, 0.25) is 5.95 Å². The number of anilines is 3. The molecule has 1 fully saturated rings. The third-order valence-electron chi connectivity index (χ3n) is 5.36. The highest BCUT2D eigenvalue weighted by molar-refractivity contribution is 5.84. The summed E-state index contributed by atoms with van der Waals surface area (Å²) in [6.45, 7) is 5.14. The number of benzene rings is 1. The summed E-state index contributed by atoms with van der Waals surface area (Å²) in [7, 11) is 0. The first-order chi connectivity index (χ1) is 14.6. The molecule has 5 rings (SSSR count). The zero-order valence-corrected chi connectivity index (χ0v) is 16.6. The molecular formula is C21H22N8O. The van der Waals surface area contributed by atoms with Crippen LogP contribution in [0.3, 0.4) is 0 Å². The van der Waals surface area contributed by atoms with Crippen LogP contribution in [0.5, 0.6) is 5.75 Å². The fraction of sp³-hybridized carbons (Fsp3) is 0.238. The summed E-state index contributed by atoms with van der Waals surface area (Å²) in [4.78, 5) is 22.5. The molecule has 4 aromatic rings. The number of pyridine rings is 1. The second-order valence-electron chi connectivity index (χ2n) is 7.34. The Morgan fingerprint density at radius 3 is 2.27 bits per heavy atom. The number of fused-ring (bicyclic) bond motifs is 1. The monoisotopic (exact) mass is 402 g/mol. The Morgan fingerprint density at radius 2 is 1.57 bits per heavy atom. The highest BCUT2D eigenvalue weighted by Gasteiger charge is 2.22. The SMILES string of the molecule is Cc1ccc(-n2cnc3c(N)nc(N4CCN(c5ccc(O)cc5)CC4)nc32)cn1. The summed E-state index contributed by atoms with van der Waals surface area (Å²) in [6, 6.07) is 11.2. The number of phenols is 1. The lowest BCUT2D eigenvalue weighted by Gasteiger charge is -2.36. The highest BCUT2D eigenvalue weighted by Crippen LogP contribution is 2.25. The third-order valence-corrected chi connectivity index (χ3v) is 5.36. The molecule has 9 heteroatoms. The van der Waals surface area contributed by atoms with Gasteiger partial charge in [0.1, 0.15) is 12.1 Å². The van der Waals surface area contributed by atoms with E-state index in [-0.39, 0.29) is 5.75 Å². The lowest BCUT2D eigenvalue weighted by atomic mass is 10.2. The van der Waals surface area contributed by atoms with Gasteiger partial charge < -0.3 is 20.6 Å². The number of nitrogens with two attached hydrogens (primary N) is 1. The van der Waals surface area contributed by atoms with Crippen molar-refractivity contribution in [3.8, 4) is 11.4 Å². The first-order valence-corrected chi connectivity index (χ1v) is 9.81. The van der Waals surface area contributed by atoms with E-state index in [9.17, 15) is 5.11 Å². The molecule has 1 aliphatic rings. The number of nitrogens with zero attached hydrogens (tertiary/aromatic N) is 7. The van der Waals surface area contributed by atoms with Crippen molar-refractivity contribution in [2.45, 2.75) is 6.92 Å². The summed E-state index contributed by atoms with van der Waals surface area (Å²) < 4.78 is 1.88. The zero-order chi connectivity index (χ0) is 20.7. The molecule has 3 aromatic heterocycles. The summed E-state index contributed by atoms with van der Waals surface area (Å²) >= 11 is 0. The number of aromatic hydroxyl groups is 1. The molecule has 1 aromatic carbocycles. The topological polar surface area (TPSA) is 109 Å². The van der Waals surface area contributed by atoms with E-state index in [0.717, 1.165) is 43.2 Å². The van der Waals surface area contributed by atoms with Crippen LogP contribution >= 0.6 is 0 Å². The molecule has 1 saturated heterocycles. The van der Waals surface area contributed by atoms with Crippen LogP contribution in [-0.4, -0.2) is 55.8 Å². The summed E-state index contributed by atoms with van der Waals surface area (Å²) in [6.07, 6.45) is 3.50. The van der Waals surface area contributed by atoms with Gasteiger partial charge in [0.05, 0.1) is 11.9 Å². The molecule has 3 N–H and O–H groups in total. The van der Waals surface area contributed by atoms with E-state index in [1.165, 1.54) is 0 Å². The summed E-state index contributed by atoms with van der Waals surface area (Å²) in [5, 5.41) is 9.49. The van der Waals surface area contributed by atoms with Gasteiger partial charge in [-0.3, -0.25) is 9.55 Å². The van der Waals surface area contributed by atoms with E-state index in [1.807, 2.05) is 35.8 Å². The van der Waals surface area contributed by atoms with Gasteiger partial charge in [-0.2, -0.15) is 9.97 Å². The lowest BCUT2D eigenvalue weighted by molar-refractivity contribution is 0.475. The van der Waals surface area contributed by atoms with Gasteiger partial charge in [-0.05, 0) is 43.3 Å². The number of aromatic nitrogens is 5. The maximum Gasteiger partial charge on any atom is 0.229 e. The van der Waals surface area contributed by atoms with Gasteiger partial charge in [-0.25, -0.2) is 4.98 Å². The van der Waals surface area contributed by atoms with Crippen LogP contribution < -0.4 is 15.5 Å². The molecule has 1 aliphatic heterocycles. The van der Waals surface area contributed by atoms with E-state index in [0.29, 0.717) is 22.9 Å². The standard InChI is InChI=1S/C21H22N8O/c1-14-2-3-16(12-23-14)29-13-24-18-19(22)25-21(26-20(18)29)28-10-8-27(9-11-28)15-4-6-17(30)7-5-15/h2-7,12-13,30H,8-11H2,1H3,(H2,22,25,26). The zero-order valence-electron chi connectivity index (χ0n) is 16.6. The fourth-order valence-electron chi connectivity index (χ4n) is 3.67. The molecule has 0 saturated carbocycles. The molecule has 152 valence electrons. The minimum absolute atomic E-state index is 0.273. The predicted octanol–water partition coefficient (Wildman–Crippen LogP) is 2.13. The van der Waals surface area contributed by atoms with Gasteiger partial charge in [-0.15, -0.1) is 0 Å². The molecule has 0 radical (unpaired) electrons. The number of hydrogen-bond donors (Lipinski definition) is 2. The van der Waals surface area contributed by atoms with Crippen LogP contribution in [0.1, 0.15) is 5.69 Å². The molecule has 0 bridgehead atoms. The number of imidazole rings is 1. The van der Waals surface area contributed by atoms with Crippen molar-refractivity contribution in [3.63, 3.8) is 0 Å². The van der Waals surface area contributed by atoms with Crippen molar-refractivity contribution < 1.29 is 5.11 Å². The van der Waals surface area contributed by atoms with Crippen LogP contribution in [-0.2, 0) is 0 Å². The Kier molecular flexibility index (Phi) is 4.35. The number of rotatable bonds is 3. The van der Waals surface area contributed by atoms with Crippen LogP contribution in [0.25, 0.3) is 16.9 Å². The molecule has 0 spiro atoms. The van der Waals surface area contributed by atoms with Crippen molar-refractivity contribution in [2.75, 3.05) is 41.7 Å². The molecule has 0 unspecified atom stereocenters. The molecular weight excluding hydrogens is 380 g/mol. The molecule has 30 heavy (non-hydrogen) atoms. The van der Waals surface area contributed by atoms with E-state index >= 15 is 0 Å². The highest BCUT2D eigenvalue weighted by atomic mass is 16.3. The molecule has 0 atom stereocenters. The number of piperazine rings is 1. The van der Waals surface area contributed by atoms with Crippen molar-refractivity contribution in [2.24, 2.45) is 0 Å². The maximum absolute atomic E-state index is 9.49. The molecule has 9 nitrogen and oxygen atoms in total. The normalized spacial score (nSPS) is 14.4. The van der Waals surface area contributed by atoms with E-state index in [4.69, 9.17) is 10.7 Å². The van der Waals surface area contributed by atoms with Gasteiger partial charge in [0.25, 0.3) is 0 Å². The Morgan fingerprint density at radius 1 is 0.867 bits per heavy atom. The Balaban J connectivity index is 1.42. The number of phenolic OH excluding ortho intramolecular Hbond substituents is 1. The second kappa shape index (κ2) is 7.18. The van der Waals surface area contributed by atoms with Crippen LogP contribution in [0, 0.1) is 6.92 Å². The van der Waals surface area contributed by atoms with Crippen LogP contribution in [0.15, 0.2) is 48.9 Å². The maximum atomic E-state index is 9.49. The quantitative estimate of drug-likeness (QED) is 0.536. The minimum atomic E-state index is 0.273. The van der Waals surface area contributed by atoms with Crippen molar-refractivity contribution in [1.82, 2.24) is 24.5 Å². The summed E-state index contributed by atoms with van der Waals surface area (Å²) in [5.74, 6) is 1.25. The molecule has 0 amide bonds. The van der Waals surface area contributed by atoms with Gasteiger partial charge in [0, 0.05) is 37.6 Å². The van der Waals surface area contributed by atoms with E-state index in [1.54, 1.807) is 24.7 Å². The largest absolute Gasteiger partial charge is 0.508 e.